The molecule has 3 nitrogen and oxygen atoms in total. The summed E-state index contributed by atoms with van der Waals surface area (Å²) in [5, 5.41) is 5.34. The van der Waals surface area contributed by atoms with Gasteiger partial charge < -0.3 is 10.6 Å². The van der Waals surface area contributed by atoms with Crippen molar-refractivity contribution in [2.75, 3.05) is 0 Å². The van der Waals surface area contributed by atoms with Gasteiger partial charge in [0.15, 0.2) is 6.04 Å². The molecule has 0 bridgehead atoms. The molecule has 3 rings (SSSR count). The Labute approximate surface area is 161 Å². The normalized spacial score (nSPS) is 13.1. The fraction of sp³-hybridized carbons (Fsp3) is 0.208. The minimum Gasteiger partial charge on any atom is -0.340 e. The summed E-state index contributed by atoms with van der Waals surface area (Å²) in [4.78, 5) is 12.9. The lowest BCUT2D eigenvalue weighted by atomic mass is 9.98. The van der Waals surface area contributed by atoms with Gasteiger partial charge in [-0.3, -0.25) is 4.79 Å². The lowest BCUT2D eigenvalue weighted by Gasteiger charge is -2.23. The molecule has 1 amide bonds. The van der Waals surface area contributed by atoms with Crippen LogP contribution in [0, 0.1) is 0 Å². The van der Waals surface area contributed by atoms with Gasteiger partial charge in [-0.25, -0.2) is 0 Å². The van der Waals surface area contributed by atoms with Crippen molar-refractivity contribution in [1.29, 1.82) is 0 Å². The van der Waals surface area contributed by atoms with Crippen molar-refractivity contribution in [3.8, 4) is 0 Å². The van der Waals surface area contributed by atoms with Crippen LogP contribution in [0.5, 0.6) is 0 Å². The summed E-state index contributed by atoms with van der Waals surface area (Å²) < 4.78 is 0. The van der Waals surface area contributed by atoms with Gasteiger partial charge in [0.05, 0.1) is 6.04 Å². The minimum absolute atomic E-state index is 0.0375. The second-order valence-electron chi connectivity index (χ2n) is 6.94. The van der Waals surface area contributed by atoms with E-state index in [1.807, 2.05) is 61.5 Å². The van der Waals surface area contributed by atoms with Gasteiger partial charge in [0, 0.05) is 5.56 Å². The van der Waals surface area contributed by atoms with Gasteiger partial charge in [-0.2, -0.15) is 0 Å². The van der Waals surface area contributed by atoms with Crippen molar-refractivity contribution in [3.63, 3.8) is 0 Å². The maximum absolute atomic E-state index is 12.9. The summed E-state index contributed by atoms with van der Waals surface area (Å²) in [6.07, 6.45) is 0. The fourth-order valence-corrected chi connectivity index (χ4v) is 3.31. The quantitative estimate of drug-likeness (QED) is 0.665. The van der Waals surface area contributed by atoms with Crippen molar-refractivity contribution >= 4 is 5.91 Å². The van der Waals surface area contributed by atoms with Crippen LogP contribution < -0.4 is 10.6 Å². The summed E-state index contributed by atoms with van der Waals surface area (Å²) in [6, 6.07) is 30.4. The molecule has 0 saturated carbocycles. The van der Waals surface area contributed by atoms with Crippen LogP contribution in [0.25, 0.3) is 0 Å². The first-order valence-electron chi connectivity index (χ1n) is 9.45. The zero-order chi connectivity index (χ0) is 19.1. The molecule has 0 spiro atoms. The number of hydrogen-bond acceptors (Lipinski definition) is 1. The summed E-state index contributed by atoms with van der Waals surface area (Å²) in [6.45, 7) is 4.09. The molecule has 0 aromatic heterocycles. The lowest BCUT2D eigenvalue weighted by molar-refractivity contribution is -0.710. The Kier molecular flexibility index (Phi) is 6.39. The van der Waals surface area contributed by atoms with E-state index in [-0.39, 0.29) is 24.0 Å². The van der Waals surface area contributed by atoms with Gasteiger partial charge in [-0.05, 0) is 25.0 Å². The molecule has 138 valence electrons. The van der Waals surface area contributed by atoms with Crippen LogP contribution in [-0.2, 0) is 4.79 Å². The molecular weight excluding hydrogens is 332 g/mol. The van der Waals surface area contributed by atoms with E-state index in [2.05, 4.69) is 54.0 Å². The van der Waals surface area contributed by atoms with Crippen LogP contribution in [0.4, 0.5) is 0 Å². The van der Waals surface area contributed by atoms with Crippen LogP contribution in [-0.4, -0.2) is 11.9 Å². The standard InChI is InChI=1S/C24H26N2O/c1-18(20-12-6-3-7-13-20)25-19(2)24(27)26-23(21-14-8-4-9-15-21)22-16-10-5-11-17-22/h3-19,23,25H,1-2H3,(H,26,27)/p+1/t18-,19-/m1/s1. The Morgan fingerprint density at radius 1 is 0.704 bits per heavy atom. The molecule has 3 heteroatoms. The average Bonchev–Trinajstić information content (AvgIpc) is 2.73. The zero-order valence-electron chi connectivity index (χ0n) is 15.9. The van der Waals surface area contributed by atoms with Gasteiger partial charge in [0.1, 0.15) is 6.04 Å². The molecule has 0 aliphatic carbocycles. The molecule has 0 aliphatic rings. The molecule has 0 heterocycles. The maximum Gasteiger partial charge on any atom is 0.278 e. The van der Waals surface area contributed by atoms with Crippen molar-refractivity contribution in [3.05, 3.63) is 108 Å². The highest BCUT2D eigenvalue weighted by Crippen LogP contribution is 2.21. The Morgan fingerprint density at radius 2 is 1.11 bits per heavy atom. The first-order chi connectivity index (χ1) is 13.1. The number of benzene rings is 3. The number of carbonyl (C=O) groups is 1. The SMILES string of the molecule is C[C@@H]([NH2+][C@H](C)c1ccccc1)C(=O)NC(c1ccccc1)c1ccccc1. The molecule has 2 atom stereocenters. The van der Waals surface area contributed by atoms with Gasteiger partial charge in [-0.15, -0.1) is 0 Å². The van der Waals surface area contributed by atoms with Crippen molar-refractivity contribution in [1.82, 2.24) is 5.32 Å². The molecule has 3 aromatic rings. The number of carbonyl (C=O) groups excluding carboxylic acids is 1. The van der Waals surface area contributed by atoms with Gasteiger partial charge in [-0.1, -0.05) is 91.0 Å². The predicted octanol–water partition coefficient (Wildman–Crippen LogP) is 3.61. The van der Waals surface area contributed by atoms with Crippen molar-refractivity contribution < 1.29 is 10.1 Å². The highest BCUT2D eigenvalue weighted by Gasteiger charge is 2.24. The first kappa shape index (κ1) is 18.9. The zero-order valence-corrected chi connectivity index (χ0v) is 15.9. The minimum atomic E-state index is -0.185. The van der Waals surface area contributed by atoms with E-state index in [4.69, 9.17) is 0 Å². The highest BCUT2D eigenvalue weighted by molar-refractivity contribution is 5.80. The van der Waals surface area contributed by atoms with Gasteiger partial charge in [0.2, 0.25) is 0 Å². The molecule has 0 saturated heterocycles. The molecule has 27 heavy (non-hydrogen) atoms. The van der Waals surface area contributed by atoms with E-state index in [1.54, 1.807) is 0 Å². The number of quaternary nitrogens is 1. The Bertz CT molecular complexity index is 795. The second-order valence-corrected chi connectivity index (χ2v) is 6.94. The molecule has 0 unspecified atom stereocenters. The third-order valence-electron chi connectivity index (χ3n) is 4.87. The second kappa shape index (κ2) is 9.15. The van der Waals surface area contributed by atoms with Crippen LogP contribution in [0.3, 0.4) is 0 Å². The van der Waals surface area contributed by atoms with E-state index < -0.39 is 0 Å². The summed E-state index contributed by atoms with van der Waals surface area (Å²) >= 11 is 0. The largest absolute Gasteiger partial charge is 0.340 e. The summed E-state index contributed by atoms with van der Waals surface area (Å²) in [7, 11) is 0. The van der Waals surface area contributed by atoms with E-state index in [9.17, 15) is 4.79 Å². The summed E-state index contributed by atoms with van der Waals surface area (Å²) in [5.41, 5.74) is 3.39. The third kappa shape index (κ3) is 5.05. The van der Waals surface area contributed by atoms with Gasteiger partial charge in [0.25, 0.3) is 5.91 Å². The molecule has 3 N–H and O–H groups in total. The average molecular weight is 359 g/mol. The monoisotopic (exact) mass is 359 g/mol. The Morgan fingerprint density at radius 3 is 1.56 bits per heavy atom. The number of nitrogens with one attached hydrogen (secondary N) is 1. The topological polar surface area (TPSA) is 45.7 Å². The van der Waals surface area contributed by atoms with Crippen LogP contribution >= 0.6 is 0 Å². The first-order valence-corrected chi connectivity index (χ1v) is 9.45. The maximum atomic E-state index is 12.9. The number of hydrogen-bond donors (Lipinski definition) is 2. The smallest absolute Gasteiger partial charge is 0.278 e. The Balaban J connectivity index is 1.72. The molecule has 0 aliphatic heterocycles. The third-order valence-corrected chi connectivity index (χ3v) is 4.87. The fourth-order valence-electron chi connectivity index (χ4n) is 3.31. The van der Waals surface area contributed by atoms with Crippen LogP contribution in [0.15, 0.2) is 91.0 Å². The van der Waals surface area contributed by atoms with Crippen LogP contribution in [0.2, 0.25) is 0 Å². The highest BCUT2D eigenvalue weighted by atomic mass is 16.2. The van der Waals surface area contributed by atoms with Gasteiger partial charge >= 0.3 is 0 Å². The summed E-state index contributed by atoms with van der Waals surface area (Å²) in [5.74, 6) is 0.0375. The number of amides is 1. The number of nitrogens with two attached hydrogens (primary N) is 1. The Hall–Kier alpha value is -2.91. The van der Waals surface area contributed by atoms with Crippen molar-refractivity contribution in [2.45, 2.75) is 32.0 Å². The van der Waals surface area contributed by atoms with Crippen molar-refractivity contribution in [2.24, 2.45) is 0 Å². The lowest BCUT2D eigenvalue weighted by Crippen LogP contribution is -2.92. The molecular formula is C24H27N2O+. The number of rotatable bonds is 7. The van der Waals surface area contributed by atoms with E-state index in [0.717, 1.165) is 11.1 Å². The van der Waals surface area contributed by atoms with Crippen LogP contribution in [0.1, 0.15) is 42.6 Å². The molecule has 0 radical (unpaired) electrons. The predicted molar refractivity (Wildman–Crippen MR) is 109 cm³/mol. The molecule has 3 aromatic carbocycles. The van der Waals surface area contributed by atoms with E-state index in [0.29, 0.717) is 0 Å². The van der Waals surface area contributed by atoms with E-state index >= 15 is 0 Å². The molecule has 0 fully saturated rings. The van der Waals surface area contributed by atoms with E-state index in [1.165, 1.54) is 5.56 Å².